The Morgan fingerprint density at radius 2 is 1.46 bits per heavy atom. The van der Waals surface area contributed by atoms with Crippen LogP contribution in [-0.4, -0.2) is 54.5 Å². The van der Waals surface area contributed by atoms with Crippen molar-refractivity contribution in [3.05, 3.63) is 0 Å². The zero-order valence-corrected chi connectivity index (χ0v) is 25.3. The summed E-state index contributed by atoms with van der Waals surface area (Å²) in [6, 6.07) is 0. The van der Waals surface area contributed by atoms with Gasteiger partial charge in [-0.2, -0.15) is 0 Å². The van der Waals surface area contributed by atoms with E-state index in [1.54, 1.807) is 21.1 Å². The monoisotopic (exact) mass is 499 g/mol. The van der Waals surface area contributed by atoms with E-state index < -0.39 is 35.1 Å². The van der Waals surface area contributed by atoms with Crippen LogP contribution in [0.5, 0.6) is 0 Å². The van der Waals surface area contributed by atoms with Crippen LogP contribution in [0.3, 0.4) is 0 Å². The van der Waals surface area contributed by atoms with Gasteiger partial charge in [-0.15, -0.1) is 0 Å². The summed E-state index contributed by atoms with van der Waals surface area (Å²) in [4.78, 5) is 30.3. The number of aliphatic hydroxyl groups is 1. The first-order chi connectivity index (χ1) is 16.2. The van der Waals surface area contributed by atoms with Gasteiger partial charge < -0.3 is 14.6 Å². The Morgan fingerprint density at radius 3 is 1.86 bits per heavy atom. The Balaban J connectivity index is 0. The Kier molecular flexibility index (Phi) is 16.9. The second kappa shape index (κ2) is 16.5. The number of esters is 1. The molecule has 6 heteroatoms. The number of ketones is 1. The summed E-state index contributed by atoms with van der Waals surface area (Å²) in [5, 5.41) is 11.3. The fourth-order valence-electron chi connectivity index (χ4n) is 5.17. The molecule has 1 heterocycles. The average Bonchev–Trinajstić information content (AvgIpc) is 2.81. The van der Waals surface area contributed by atoms with Gasteiger partial charge in [-0.25, -0.2) is 0 Å². The third-order valence-electron chi connectivity index (χ3n) is 7.16. The molecule has 208 valence electrons. The summed E-state index contributed by atoms with van der Waals surface area (Å²) >= 11 is 0. The van der Waals surface area contributed by atoms with E-state index in [4.69, 9.17) is 9.47 Å². The number of aliphatic imine (C=N–C) groups is 1. The number of methoxy groups -OCH3 is 1. The number of aliphatic hydroxyl groups excluding tert-OH is 1. The summed E-state index contributed by atoms with van der Waals surface area (Å²) < 4.78 is 11.6. The molecule has 0 saturated carbocycles. The van der Waals surface area contributed by atoms with Crippen molar-refractivity contribution in [3.63, 3.8) is 0 Å². The van der Waals surface area contributed by atoms with Gasteiger partial charge in [0.25, 0.3) is 0 Å². The molecule has 0 spiro atoms. The maximum absolute atomic E-state index is 13.0. The summed E-state index contributed by atoms with van der Waals surface area (Å²) in [6.07, 6.45) is 1.70. The molecule has 6 nitrogen and oxygen atoms in total. The number of ether oxygens (including phenoxy) is 2. The fraction of sp³-hybridized carbons (Fsp3) is 0.897. The lowest BCUT2D eigenvalue weighted by Gasteiger charge is -2.42. The molecule has 1 fully saturated rings. The number of rotatable bonds is 2. The predicted molar refractivity (Wildman–Crippen MR) is 147 cm³/mol. The molecule has 1 rings (SSSR count). The van der Waals surface area contributed by atoms with Gasteiger partial charge in [-0.05, 0) is 39.0 Å². The number of hydrogen-bond acceptors (Lipinski definition) is 6. The van der Waals surface area contributed by atoms with Crippen molar-refractivity contribution in [2.75, 3.05) is 14.2 Å². The maximum Gasteiger partial charge on any atom is 0.316 e. The van der Waals surface area contributed by atoms with Gasteiger partial charge in [0.2, 0.25) is 0 Å². The normalized spacial score (nSPS) is 35.6. The largest absolute Gasteiger partial charge is 0.461 e. The minimum Gasteiger partial charge on any atom is -0.461 e. The zero-order chi connectivity index (χ0) is 28.1. The first-order valence-corrected chi connectivity index (χ1v) is 13.6. The average molecular weight is 500 g/mol. The van der Waals surface area contributed by atoms with Crippen molar-refractivity contribution < 1.29 is 24.2 Å². The van der Waals surface area contributed by atoms with Gasteiger partial charge in [0, 0.05) is 37.1 Å². The van der Waals surface area contributed by atoms with Crippen LogP contribution >= 0.6 is 0 Å². The fourth-order valence-corrected chi connectivity index (χ4v) is 5.17. The van der Waals surface area contributed by atoms with E-state index >= 15 is 0 Å². The number of cyclic esters (lactones) is 1. The molecule has 0 bridgehead atoms. The molecular formula is C29H57NO5. The second-order valence-corrected chi connectivity index (χ2v) is 10.7. The van der Waals surface area contributed by atoms with Gasteiger partial charge in [-0.1, -0.05) is 75.7 Å². The highest BCUT2D eigenvalue weighted by atomic mass is 16.5. The van der Waals surface area contributed by atoms with Crippen LogP contribution in [0.4, 0.5) is 0 Å². The first kappa shape index (κ1) is 35.9. The summed E-state index contributed by atoms with van der Waals surface area (Å²) in [5.41, 5.74) is -0.350. The van der Waals surface area contributed by atoms with Crippen molar-refractivity contribution in [1.82, 2.24) is 0 Å². The Hall–Kier alpha value is -1.27. The van der Waals surface area contributed by atoms with Crippen LogP contribution in [0.2, 0.25) is 0 Å². The number of nitrogens with zero attached hydrogens (tertiary/aromatic N) is 1. The molecule has 0 aromatic heterocycles. The summed E-state index contributed by atoms with van der Waals surface area (Å²) in [7, 11) is 3.40. The van der Waals surface area contributed by atoms with Crippen LogP contribution < -0.4 is 0 Å². The van der Waals surface area contributed by atoms with Crippen molar-refractivity contribution in [2.45, 2.75) is 127 Å². The van der Waals surface area contributed by atoms with Crippen molar-refractivity contribution in [1.29, 1.82) is 0 Å². The lowest BCUT2D eigenvalue weighted by Crippen LogP contribution is -2.49. The topological polar surface area (TPSA) is 85.2 Å². The molecule has 3 unspecified atom stereocenters. The highest BCUT2D eigenvalue weighted by Gasteiger charge is 2.45. The van der Waals surface area contributed by atoms with E-state index in [1.165, 1.54) is 6.42 Å². The zero-order valence-electron chi connectivity index (χ0n) is 25.3. The molecule has 0 aromatic carbocycles. The quantitative estimate of drug-likeness (QED) is 0.345. The van der Waals surface area contributed by atoms with Crippen molar-refractivity contribution in [2.24, 2.45) is 34.1 Å². The smallest absolute Gasteiger partial charge is 0.316 e. The maximum atomic E-state index is 13.0. The van der Waals surface area contributed by atoms with Gasteiger partial charge in [0.15, 0.2) is 0 Å². The van der Waals surface area contributed by atoms with E-state index in [1.807, 2.05) is 55.4 Å². The number of carbonyl (C=O) groups excluding carboxylic acids is 2. The molecular weight excluding hydrogens is 442 g/mol. The van der Waals surface area contributed by atoms with Gasteiger partial charge >= 0.3 is 5.97 Å². The molecule has 1 aliphatic heterocycles. The minimum atomic E-state index is -0.853. The first-order valence-electron chi connectivity index (χ1n) is 13.6. The van der Waals surface area contributed by atoms with Crippen LogP contribution in [-0.2, 0) is 19.1 Å². The van der Waals surface area contributed by atoms with E-state index in [-0.39, 0.29) is 23.5 Å². The molecule has 1 aliphatic rings. The van der Waals surface area contributed by atoms with Crippen LogP contribution in [0.1, 0.15) is 109 Å². The number of Topliss-reactive ketones (excluding diaryl/α,β-unsaturated/α-hetero) is 1. The Morgan fingerprint density at radius 1 is 1.00 bits per heavy atom. The molecule has 1 saturated heterocycles. The van der Waals surface area contributed by atoms with Gasteiger partial charge in [0.05, 0.1) is 11.7 Å². The minimum absolute atomic E-state index is 0.0608. The molecule has 35 heavy (non-hydrogen) atoms. The SMILES string of the molecule is CC.CCC.CC[C@H]1OC(=O)C(C)C(=O)[C@H](C)C[C@](C)(OC)C[C@@H](C)C(=NC)C(C)C(O)C1(C)C. The third kappa shape index (κ3) is 9.95. The van der Waals surface area contributed by atoms with E-state index in [2.05, 4.69) is 25.8 Å². The standard InChI is InChI=1S/C24H43NO5.C3H8.C2H6/c1-11-18-23(6,7)21(27)16(4)19(25-9)14(2)12-24(8,29-10)13-15(3)20(26)17(5)22(28)30-18;1-3-2;1-2/h14-18,21,27H,11-13H2,1-10H3;3H2,1-2H3;1-2H3/t14-,15-,16?,17?,18-,21?,24-;;/m1../s1. The third-order valence-corrected chi connectivity index (χ3v) is 7.16. The highest BCUT2D eigenvalue weighted by molar-refractivity contribution is 5.99. The molecule has 0 amide bonds. The van der Waals surface area contributed by atoms with E-state index in [0.717, 1.165) is 5.71 Å². The summed E-state index contributed by atoms with van der Waals surface area (Å²) in [5.74, 6) is -2.02. The van der Waals surface area contributed by atoms with Crippen molar-refractivity contribution >= 4 is 17.5 Å². The van der Waals surface area contributed by atoms with Crippen molar-refractivity contribution in [3.8, 4) is 0 Å². The van der Waals surface area contributed by atoms with Gasteiger partial charge in [0.1, 0.15) is 17.8 Å². The van der Waals surface area contributed by atoms with E-state index in [9.17, 15) is 14.7 Å². The predicted octanol–water partition coefficient (Wildman–Crippen LogP) is 6.52. The lowest BCUT2D eigenvalue weighted by atomic mass is 9.70. The molecule has 0 aliphatic carbocycles. The summed E-state index contributed by atoms with van der Waals surface area (Å²) in [6.45, 7) is 23.5. The number of hydrogen-bond donors (Lipinski definition) is 1. The lowest BCUT2D eigenvalue weighted by molar-refractivity contribution is -0.168. The van der Waals surface area contributed by atoms with Crippen LogP contribution in [0.15, 0.2) is 4.99 Å². The molecule has 7 atom stereocenters. The Bertz CT molecular complexity index is 659. The highest BCUT2D eigenvalue weighted by Crippen LogP contribution is 2.38. The van der Waals surface area contributed by atoms with Gasteiger partial charge in [-0.3, -0.25) is 14.6 Å². The number of carbonyl (C=O) groups is 2. The molecule has 0 aromatic rings. The van der Waals surface area contributed by atoms with Crippen LogP contribution in [0.25, 0.3) is 0 Å². The molecule has 1 N–H and O–H groups in total. The Labute approximate surface area is 216 Å². The van der Waals surface area contributed by atoms with Crippen LogP contribution in [0, 0.1) is 29.1 Å². The van der Waals surface area contributed by atoms with E-state index in [0.29, 0.717) is 19.3 Å². The second-order valence-electron chi connectivity index (χ2n) is 10.7. The molecule has 0 radical (unpaired) electrons.